The third-order valence-corrected chi connectivity index (χ3v) is 2.95. The summed E-state index contributed by atoms with van der Waals surface area (Å²) in [7, 11) is 1.90. The van der Waals surface area contributed by atoms with Crippen LogP contribution in [0.4, 0.5) is 5.82 Å². The molecular formula is C12H18N6. The van der Waals surface area contributed by atoms with Crippen LogP contribution in [0, 0.1) is 20.8 Å². The van der Waals surface area contributed by atoms with E-state index < -0.39 is 0 Å². The molecule has 0 bridgehead atoms. The molecule has 0 radical (unpaired) electrons. The number of aryl methyl sites for hydroxylation is 3. The highest BCUT2D eigenvalue weighted by molar-refractivity contribution is 5.45. The van der Waals surface area contributed by atoms with E-state index in [2.05, 4.69) is 25.4 Å². The van der Waals surface area contributed by atoms with Crippen LogP contribution < -0.4 is 5.32 Å². The Morgan fingerprint density at radius 1 is 1.22 bits per heavy atom. The number of rotatable bonds is 4. The maximum absolute atomic E-state index is 4.41. The zero-order chi connectivity index (χ0) is 13.1. The Morgan fingerprint density at radius 3 is 2.67 bits per heavy atom. The molecule has 6 nitrogen and oxygen atoms in total. The summed E-state index contributed by atoms with van der Waals surface area (Å²) < 4.78 is 1.78. The van der Waals surface area contributed by atoms with Crippen LogP contribution in [0.15, 0.2) is 6.33 Å². The van der Waals surface area contributed by atoms with Crippen LogP contribution in [0.2, 0.25) is 0 Å². The van der Waals surface area contributed by atoms with Gasteiger partial charge in [0.25, 0.3) is 0 Å². The summed E-state index contributed by atoms with van der Waals surface area (Å²) >= 11 is 0. The van der Waals surface area contributed by atoms with Crippen molar-refractivity contribution in [2.45, 2.75) is 27.2 Å². The average molecular weight is 246 g/mol. The van der Waals surface area contributed by atoms with Gasteiger partial charge in [-0.05, 0) is 20.8 Å². The van der Waals surface area contributed by atoms with Crippen molar-refractivity contribution in [2.24, 2.45) is 7.05 Å². The predicted octanol–water partition coefficient (Wildman–Crippen LogP) is 1.18. The van der Waals surface area contributed by atoms with E-state index in [1.165, 1.54) is 0 Å². The first kappa shape index (κ1) is 12.5. The SMILES string of the molecule is Cc1nc(C)c(C)c(NCCc2ncnn2C)n1. The fraction of sp³-hybridized carbons (Fsp3) is 0.500. The minimum atomic E-state index is 0.781. The second-order valence-electron chi connectivity index (χ2n) is 4.31. The van der Waals surface area contributed by atoms with Gasteiger partial charge in [-0.3, -0.25) is 4.68 Å². The zero-order valence-corrected chi connectivity index (χ0v) is 11.2. The summed E-state index contributed by atoms with van der Waals surface area (Å²) in [6.07, 6.45) is 2.39. The number of hydrogen-bond acceptors (Lipinski definition) is 5. The van der Waals surface area contributed by atoms with Crippen molar-refractivity contribution < 1.29 is 0 Å². The lowest BCUT2D eigenvalue weighted by atomic mass is 10.2. The van der Waals surface area contributed by atoms with Crippen LogP contribution in [-0.4, -0.2) is 31.3 Å². The number of hydrogen-bond donors (Lipinski definition) is 1. The van der Waals surface area contributed by atoms with E-state index in [-0.39, 0.29) is 0 Å². The van der Waals surface area contributed by atoms with E-state index in [1.807, 2.05) is 27.8 Å². The number of nitrogens with one attached hydrogen (secondary N) is 1. The molecule has 1 N–H and O–H groups in total. The molecule has 2 aromatic heterocycles. The van der Waals surface area contributed by atoms with Crippen molar-refractivity contribution in [3.05, 3.63) is 29.2 Å². The van der Waals surface area contributed by atoms with Gasteiger partial charge >= 0.3 is 0 Å². The van der Waals surface area contributed by atoms with E-state index >= 15 is 0 Å². The normalized spacial score (nSPS) is 10.7. The first-order valence-electron chi connectivity index (χ1n) is 5.96. The summed E-state index contributed by atoms with van der Waals surface area (Å²) in [5, 5.41) is 7.37. The van der Waals surface area contributed by atoms with E-state index in [0.29, 0.717) is 0 Å². The van der Waals surface area contributed by atoms with Gasteiger partial charge in [-0.25, -0.2) is 15.0 Å². The molecule has 2 heterocycles. The van der Waals surface area contributed by atoms with Crippen molar-refractivity contribution >= 4 is 5.82 Å². The zero-order valence-electron chi connectivity index (χ0n) is 11.2. The van der Waals surface area contributed by atoms with Gasteiger partial charge < -0.3 is 5.32 Å². The molecule has 0 aliphatic rings. The molecule has 0 aliphatic carbocycles. The first-order chi connectivity index (χ1) is 8.58. The Morgan fingerprint density at radius 2 is 2.00 bits per heavy atom. The Balaban J connectivity index is 2.01. The van der Waals surface area contributed by atoms with Crippen molar-refractivity contribution in [3.8, 4) is 0 Å². The van der Waals surface area contributed by atoms with Gasteiger partial charge in [0.05, 0.1) is 0 Å². The minimum absolute atomic E-state index is 0.781. The highest BCUT2D eigenvalue weighted by atomic mass is 15.3. The van der Waals surface area contributed by atoms with Gasteiger partial charge in [0.15, 0.2) is 0 Å². The van der Waals surface area contributed by atoms with Crippen LogP contribution in [-0.2, 0) is 13.5 Å². The highest BCUT2D eigenvalue weighted by Gasteiger charge is 2.06. The Labute approximate surface area is 106 Å². The van der Waals surface area contributed by atoms with Crippen molar-refractivity contribution in [1.82, 2.24) is 24.7 Å². The third-order valence-electron chi connectivity index (χ3n) is 2.95. The molecule has 2 rings (SSSR count). The average Bonchev–Trinajstić information content (AvgIpc) is 2.71. The molecule has 2 aromatic rings. The summed E-state index contributed by atoms with van der Waals surface area (Å²) in [5.74, 6) is 2.66. The molecule has 0 fully saturated rings. The van der Waals surface area contributed by atoms with E-state index in [0.717, 1.165) is 41.7 Å². The molecule has 0 spiro atoms. The lowest BCUT2D eigenvalue weighted by Crippen LogP contribution is -2.12. The molecule has 0 atom stereocenters. The largest absolute Gasteiger partial charge is 0.369 e. The monoisotopic (exact) mass is 246 g/mol. The maximum Gasteiger partial charge on any atom is 0.138 e. The molecule has 0 aromatic carbocycles. The highest BCUT2D eigenvalue weighted by Crippen LogP contribution is 2.14. The summed E-state index contributed by atoms with van der Waals surface area (Å²) in [5.41, 5.74) is 2.11. The third kappa shape index (κ3) is 2.64. The van der Waals surface area contributed by atoms with Gasteiger partial charge in [-0.1, -0.05) is 0 Å². The van der Waals surface area contributed by atoms with Gasteiger partial charge in [-0.15, -0.1) is 0 Å². The van der Waals surface area contributed by atoms with Crippen LogP contribution >= 0.6 is 0 Å². The lowest BCUT2D eigenvalue weighted by Gasteiger charge is -2.10. The topological polar surface area (TPSA) is 68.5 Å². The molecule has 96 valence electrons. The number of nitrogens with zero attached hydrogens (tertiary/aromatic N) is 5. The van der Waals surface area contributed by atoms with Gasteiger partial charge in [-0.2, -0.15) is 5.10 Å². The summed E-state index contributed by atoms with van der Waals surface area (Å²) in [6, 6.07) is 0. The van der Waals surface area contributed by atoms with Crippen LogP contribution in [0.1, 0.15) is 22.9 Å². The fourth-order valence-corrected chi connectivity index (χ4v) is 1.78. The van der Waals surface area contributed by atoms with Gasteiger partial charge in [0.2, 0.25) is 0 Å². The Bertz CT molecular complexity index is 545. The Hall–Kier alpha value is -1.98. The predicted molar refractivity (Wildman–Crippen MR) is 69.4 cm³/mol. The standard InChI is InChI=1S/C12H18N6/c1-8-9(2)16-10(3)17-12(8)13-6-5-11-14-7-15-18(11)4/h7H,5-6H2,1-4H3,(H,13,16,17). The van der Waals surface area contributed by atoms with Crippen LogP contribution in [0.25, 0.3) is 0 Å². The summed E-state index contributed by atoms with van der Waals surface area (Å²) in [6.45, 7) is 6.71. The molecule has 18 heavy (non-hydrogen) atoms. The second-order valence-corrected chi connectivity index (χ2v) is 4.31. The number of aromatic nitrogens is 5. The molecule has 0 unspecified atom stereocenters. The first-order valence-corrected chi connectivity index (χ1v) is 5.96. The van der Waals surface area contributed by atoms with Crippen molar-refractivity contribution in [2.75, 3.05) is 11.9 Å². The van der Waals surface area contributed by atoms with Gasteiger partial charge in [0.1, 0.15) is 23.8 Å². The van der Waals surface area contributed by atoms with Crippen LogP contribution in [0.3, 0.4) is 0 Å². The number of anilines is 1. The van der Waals surface area contributed by atoms with Crippen LogP contribution in [0.5, 0.6) is 0 Å². The maximum atomic E-state index is 4.41. The second kappa shape index (κ2) is 5.12. The molecule has 0 amide bonds. The van der Waals surface area contributed by atoms with Crippen molar-refractivity contribution in [1.29, 1.82) is 0 Å². The Kier molecular flexibility index (Phi) is 3.55. The quantitative estimate of drug-likeness (QED) is 0.877. The molecule has 0 saturated heterocycles. The molecule has 0 saturated carbocycles. The van der Waals surface area contributed by atoms with E-state index in [4.69, 9.17) is 0 Å². The van der Waals surface area contributed by atoms with E-state index in [9.17, 15) is 0 Å². The molecule has 0 aliphatic heterocycles. The minimum Gasteiger partial charge on any atom is -0.369 e. The molecular weight excluding hydrogens is 228 g/mol. The lowest BCUT2D eigenvalue weighted by molar-refractivity contribution is 0.701. The van der Waals surface area contributed by atoms with Crippen molar-refractivity contribution in [3.63, 3.8) is 0 Å². The smallest absolute Gasteiger partial charge is 0.138 e. The van der Waals surface area contributed by atoms with Gasteiger partial charge in [0, 0.05) is 31.3 Å². The fourth-order valence-electron chi connectivity index (χ4n) is 1.78. The molecule has 6 heteroatoms. The van der Waals surface area contributed by atoms with E-state index in [1.54, 1.807) is 11.0 Å². The summed E-state index contributed by atoms with van der Waals surface area (Å²) in [4.78, 5) is 12.9.